The molecule has 4 rings (SSSR count). The summed E-state index contributed by atoms with van der Waals surface area (Å²) >= 11 is 6.51. The van der Waals surface area contributed by atoms with Crippen LogP contribution in [0.25, 0.3) is 11.6 Å². The van der Waals surface area contributed by atoms with E-state index in [2.05, 4.69) is 0 Å². The second kappa shape index (κ2) is 12.1. The molecule has 0 spiro atoms. The minimum Gasteiger partial charge on any atom is -0.465 e. The average molecular weight is 567 g/mol. The molecule has 2 heterocycles. The van der Waals surface area contributed by atoms with E-state index in [1.54, 1.807) is 61.5 Å². The van der Waals surface area contributed by atoms with Crippen molar-refractivity contribution in [3.05, 3.63) is 101 Å². The van der Waals surface area contributed by atoms with Crippen LogP contribution in [0, 0.1) is 5.41 Å². The van der Waals surface area contributed by atoms with Crippen molar-refractivity contribution in [2.45, 2.75) is 6.92 Å². The molecule has 4 aromatic rings. The number of halogens is 1. The number of esters is 1. The quantitative estimate of drug-likeness (QED) is 0.148. The van der Waals surface area contributed by atoms with Crippen LogP contribution in [0.3, 0.4) is 0 Å². The molecule has 2 aromatic heterocycles. The highest BCUT2D eigenvalue weighted by Crippen LogP contribution is 2.34. The molecule has 2 aromatic carbocycles. The molecule has 0 aliphatic heterocycles. The Labute approximate surface area is 231 Å². The number of benzene rings is 2. The van der Waals surface area contributed by atoms with Gasteiger partial charge in [-0.05, 0) is 55.0 Å². The summed E-state index contributed by atoms with van der Waals surface area (Å²) in [4.78, 5) is 12.1. The van der Waals surface area contributed by atoms with Gasteiger partial charge in [0.25, 0.3) is 0 Å². The normalized spacial score (nSPS) is 11.5. The summed E-state index contributed by atoms with van der Waals surface area (Å²) in [5.74, 6) is -0.849. The molecule has 39 heavy (non-hydrogen) atoms. The van der Waals surface area contributed by atoms with Crippen LogP contribution < -0.4 is 14.8 Å². The highest BCUT2D eigenvalue weighted by atomic mass is 35.5. The first kappa shape index (κ1) is 27.7. The number of hydrogen-bond donors (Lipinski definition) is 2. The number of carbonyl (C=O) groups excluding carboxylic acids is 1. The monoisotopic (exact) mass is 566 g/mol. The van der Waals surface area contributed by atoms with Crippen LogP contribution in [0.1, 0.15) is 18.1 Å². The Balaban J connectivity index is 1.60. The van der Waals surface area contributed by atoms with Crippen molar-refractivity contribution in [3.63, 3.8) is 0 Å². The molecule has 3 N–H and O–H groups in total. The van der Waals surface area contributed by atoms with Gasteiger partial charge in [0.2, 0.25) is 10.0 Å². The van der Waals surface area contributed by atoms with Crippen molar-refractivity contribution < 1.29 is 22.7 Å². The summed E-state index contributed by atoms with van der Waals surface area (Å²) in [7, 11) is -4.13. The van der Waals surface area contributed by atoms with E-state index in [1.165, 1.54) is 6.07 Å². The van der Waals surface area contributed by atoms with E-state index in [4.69, 9.17) is 32.2 Å². The summed E-state index contributed by atoms with van der Waals surface area (Å²) in [6.07, 6.45) is 7.11. The van der Waals surface area contributed by atoms with E-state index < -0.39 is 21.7 Å². The molecular formula is C28H27ClN4O5S. The molecule has 0 amide bonds. The summed E-state index contributed by atoms with van der Waals surface area (Å²) in [5, 5.41) is 7.80. The van der Waals surface area contributed by atoms with E-state index in [1.807, 2.05) is 35.0 Å². The van der Waals surface area contributed by atoms with Crippen LogP contribution in [-0.2, 0) is 19.6 Å². The first-order valence-electron chi connectivity index (χ1n) is 12.0. The average Bonchev–Trinajstić information content (AvgIpc) is 3.36. The Bertz CT molecular complexity index is 1650. The molecule has 0 bridgehead atoms. The van der Waals surface area contributed by atoms with Gasteiger partial charge in [-0.3, -0.25) is 14.5 Å². The minimum atomic E-state index is -4.13. The van der Waals surface area contributed by atoms with Gasteiger partial charge in [0, 0.05) is 29.5 Å². The number of fused-ring (bicyclic) bond motifs is 1. The lowest BCUT2D eigenvalue weighted by Crippen LogP contribution is -2.36. The van der Waals surface area contributed by atoms with E-state index in [-0.39, 0.29) is 29.7 Å². The van der Waals surface area contributed by atoms with E-state index in [0.29, 0.717) is 17.1 Å². The first-order valence-corrected chi connectivity index (χ1v) is 14.0. The molecule has 9 nitrogen and oxygen atoms in total. The van der Waals surface area contributed by atoms with Gasteiger partial charge in [0.15, 0.2) is 5.75 Å². The van der Waals surface area contributed by atoms with Crippen molar-refractivity contribution >= 4 is 50.7 Å². The number of sulfonamides is 1. The molecule has 0 aliphatic carbocycles. The maximum atomic E-state index is 13.3. The van der Waals surface area contributed by atoms with Crippen LogP contribution >= 0.6 is 11.6 Å². The zero-order chi connectivity index (χ0) is 28.0. The number of ether oxygens (including phenoxy) is 2. The molecule has 11 heteroatoms. The molecule has 0 saturated carbocycles. The molecule has 0 fully saturated rings. The van der Waals surface area contributed by atoms with Crippen molar-refractivity contribution in [2.75, 3.05) is 23.2 Å². The summed E-state index contributed by atoms with van der Waals surface area (Å²) in [5.41, 5.74) is 8.03. The molecule has 0 atom stereocenters. The third-order valence-corrected chi connectivity index (χ3v) is 7.58. The summed E-state index contributed by atoms with van der Waals surface area (Å²) < 4.78 is 40.3. The molecule has 0 radical (unpaired) electrons. The number of nitrogens with zero attached hydrogens (tertiary/aromatic N) is 2. The van der Waals surface area contributed by atoms with E-state index in [9.17, 15) is 13.2 Å². The predicted octanol–water partition coefficient (Wildman–Crippen LogP) is 5.08. The third kappa shape index (κ3) is 6.98. The summed E-state index contributed by atoms with van der Waals surface area (Å²) in [6.45, 7) is 1.58. The van der Waals surface area contributed by atoms with Crippen molar-refractivity contribution in [3.8, 4) is 11.5 Å². The number of carbonyl (C=O) groups is 1. The predicted molar refractivity (Wildman–Crippen MR) is 153 cm³/mol. The number of rotatable bonds is 11. The highest BCUT2D eigenvalue weighted by Gasteiger charge is 2.26. The highest BCUT2D eigenvalue weighted by molar-refractivity contribution is 7.93. The lowest BCUT2D eigenvalue weighted by Gasteiger charge is -2.23. The largest absolute Gasteiger partial charge is 0.465 e. The molecular weight excluding hydrogens is 540 g/mol. The van der Waals surface area contributed by atoms with Crippen molar-refractivity contribution in [1.29, 1.82) is 5.41 Å². The SMILES string of the molecule is CCOC(=O)CS(=O)(=O)N(C/C=C/c1cccc(C(=N)N)c1)c1ccc(Oc2ccn3cccc3c2)c(Cl)c1. The zero-order valence-electron chi connectivity index (χ0n) is 21.1. The van der Waals surface area contributed by atoms with Crippen LogP contribution in [0.15, 0.2) is 85.2 Å². The van der Waals surface area contributed by atoms with Gasteiger partial charge in [0.05, 0.1) is 23.9 Å². The fraction of sp³-hybridized carbons (Fsp3) is 0.143. The van der Waals surface area contributed by atoms with Crippen LogP contribution in [0.4, 0.5) is 5.69 Å². The molecule has 0 aliphatic rings. The van der Waals surface area contributed by atoms with Crippen molar-refractivity contribution in [1.82, 2.24) is 4.40 Å². The maximum Gasteiger partial charge on any atom is 0.323 e. The van der Waals surface area contributed by atoms with Gasteiger partial charge < -0.3 is 19.6 Å². The minimum absolute atomic E-state index is 0.0631. The number of hydrogen-bond acceptors (Lipinski definition) is 6. The maximum absolute atomic E-state index is 13.3. The van der Waals surface area contributed by atoms with Crippen LogP contribution in [-0.4, -0.2) is 43.5 Å². The number of amidine groups is 1. The standard InChI is InChI=1S/C28H27ClN4O5S/c1-2-37-27(34)19-39(35,36)33(14-4-7-20-6-3-8-21(16-20)28(30)31)23-10-11-26(25(29)18-23)38-24-12-15-32-13-5-9-22(32)17-24/h3-13,15-18H,2,14,19H2,1H3,(H3,30,31)/b7-4+. The lowest BCUT2D eigenvalue weighted by molar-refractivity contribution is -0.139. The molecule has 202 valence electrons. The van der Waals surface area contributed by atoms with Gasteiger partial charge in [-0.15, -0.1) is 0 Å². The number of nitrogen functional groups attached to an aromatic ring is 1. The Hall–Kier alpha value is -4.28. The van der Waals surface area contributed by atoms with Gasteiger partial charge >= 0.3 is 5.97 Å². The fourth-order valence-electron chi connectivity index (χ4n) is 3.83. The molecule has 0 unspecified atom stereocenters. The Morgan fingerprint density at radius 2 is 1.92 bits per heavy atom. The Morgan fingerprint density at radius 3 is 2.67 bits per heavy atom. The van der Waals surface area contributed by atoms with Gasteiger partial charge in [-0.1, -0.05) is 42.0 Å². The zero-order valence-corrected chi connectivity index (χ0v) is 22.7. The van der Waals surface area contributed by atoms with Gasteiger partial charge in [0.1, 0.15) is 17.3 Å². The first-order chi connectivity index (χ1) is 18.7. The smallest absolute Gasteiger partial charge is 0.323 e. The lowest BCUT2D eigenvalue weighted by atomic mass is 10.1. The van der Waals surface area contributed by atoms with Crippen LogP contribution in [0.5, 0.6) is 11.5 Å². The number of aromatic nitrogens is 1. The number of nitrogens with two attached hydrogens (primary N) is 1. The fourth-order valence-corrected chi connectivity index (χ4v) is 5.33. The third-order valence-electron chi connectivity index (χ3n) is 5.65. The second-order valence-electron chi connectivity index (χ2n) is 8.45. The van der Waals surface area contributed by atoms with Crippen LogP contribution in [0.2, 0.25) is 5.02 Å². The Kier molecular flexibility index (Phi) is 8.58. The Morgan fingerprint density at radius 1 is 1.10 bits per heavy atom. The number of nitrogens with one attached hydrogen (secondary N) is 1. The van der Waals surface area contributed by atoms with Gasteiger partial charge in [-0.25, -0.2) is 8.42 Å². The molecule has 0 saturated heterocycles. The second-order valence-corrected chi connectivity index (χ2v) is 10.8. The number of anilines is 1. The van der Waals surface area contributed by atoms with Gasteiger partial charge in [-0.2, -0.15) is 0 Å². The summed E-state index contributed by atoms with van der Waals surface area (Å²) in [6, 6.07) is 19.1. The topological polar surface area (TPSA) is 127 Å². The number of pyridine rings is 1. The van der Waals surface area contributed by atoms with E-state index in [0.717, 1.165) is 15.4 Å². The van der Waals surface area contributed by atoms with E-state index >= 15 is 0 Å². The van der Waals surface area contributed by atoms with Crippen molar-refractivity contribution in [2.24, 2.45) is 5.73 Å².